The maximum atomic E-state index is 6.35. The first kappa shape index (κ1) is 13.3. The van der Waals surface area contributed by atoms with Crippen LogP contribution in [-0.2, 0) is 4.74 Å². The number of hydrogen-bond acceptors (Lipinski definition) is 3. The molecule has 1 saturated carbocycles. The Morgan fingerprint density at radius 3 is 2.76 bits per heavy atom. The van der Waals surface area contributed by atoms with E-state index in [2.05, 4.69) is 25.7 Å². The molecule has 1 saturated heterocycles. The molecule has 0 amide bonds. The first-order valence-corrected chi connectivity index (χ1v) is 7.24. The van der Waals surface area contributed by atoms with Crippen LogP contribution in [-0.4, -0.2) is 42.3 Å². The Morgan fingerprint density at radius 1 is 1.29 bits per heavy atom. The van der Waals surface area contributed by atoms with Crippen LogP contribution in [0.5, 0.6) is 0 Å². The second kappa shape index (κ2) is 5.68. The second-order valence-electron chi connectivity index (χ2n) is 6.05. The third kappa shape index (κ3) is 3.01. The molecule has 3 nitrogen and oxygen atoms in total. The first-order valence-electron chi connectivity index (χ1n) is 7.24. The molecule has 0 aromatic carbocycles. The van der Waals surface area contributed by atoms with E-state index in [0.29, 0.717) is 24.2 Å². The predicted molar refractivity (Wildman–Crippen MR) is 71.0 cm³/mol. The van der Waals surface area contributed by atoms with Crippen molar-refractivity contribution in [1.29, 1.82) is 0 Å². The van der Waals surface area contributed by atoms with Crippen molar-refractivity contribution in [2.24, 2.45) is 11.7 Å². The lowest BCUT2D eigenvalue weighted by Gasteiger charge is -2.47. The van der Waals surface area contributed by atoms with Crippen molar-refractivity contribution in [1.82, 2.24) is 4.90 Å². The van der Waals surface area contributed by atoms with Gasteiger partial charge >= 0.3 is 0 Å². The van der Waals surface area contributed by atoms with Gasteiger partial charge in [0.15, 0.2) is 0 Å². The Kier molecular flexibility index (Phi) is 4.45. The Hall–Kier alpha value is -0.120. The van der Waals surface area contributed by atoms with Gasteiger partial charge in [-0.05, 0) is 38.5 Å². The minimum atomic E-state index is 0.363. The fourth-order valence-electron chi connectivity index (χ4n) is 3.38. The molecule has 100 valence electrons. The van der Waals surface area contributed by atoms with Gasteiger partial charge in [0.2, 0.25) is 0 Å². The van der Waals surface area contributed by atoms with E-state index in [1.54, 1.807) is 0 Å². The van der Waals surface area contributed by atoms with Crippen LogP contribution in [0.1, 0.15) is 46.5 Å². The van der Waals surface area contributed by atoms with Crippen molar-refractivity contribution in [3.63, 3.8) is 0 Å². The Bertz CT molecular complexity index is 246. The summed E-state index contributed by atoms with van der Waals surface area (Å²) in [6, 6.07) is 1.52. The van der Waals surface area contributed by atoms with E-state index >= 15 is 0 Å². The van der Waals surface area contributed by atoms with Gasteiger partial charge in [-0.3, -0.25) is 4.90 Å². The van der Waals surface area contributed by atoms with E-state index in [9.17, 15) is 0 Å². The summed E-state index contributed by atoms with van der Waals surface area (Å²) in [7, 11) is 0. The van der Waals surface area contributed by atoms with Crippen molar-refractivity contribution in [3.8, 4) is 0 Å². The highest BCUT2D eigenvalue weighted by atomic mass is 16.5. The van der Waals surface area contributed by atoms with Crippen molar-refractivity contribution in [3.05, 3.63) is 0 Å². The van der Waals surface area contributed by atoms with Crippen LogP contribution >= 0.6 is 0 Å². The summed E-state index contributed by atoms with van der Waals surface area (Å²) in [5.74, 6) is 0.829. The maximum Gasteiger partial charge on any atom is 0.0674 e. The predicted octanol–water partition coefficient (Wildman–Crippen LogP) is 2.00. The van der Waals surface area contributed by atoms with Crippen molar-refractivity contribution < 1.29 is 4.74 Å². The molecule has 2 N–H and O–H groups in total. The third-order valence-corrected chi connectivity index (χ3v) is 4.54. The van der Waals surface area contributed by atoms with Crippen molar-refractivity contribution in [2.45, 2.75) is 70.7 Å². The Labute approximate surface area is 106 Å². The SMILES string of the molecule is CCC1COC(C)CN1C1CC(C)CCC1N. The van der Waals surface area contributed by atoms with Gasteiger partial charge in [0.25, 0.3) is 0 Å². The number of nitrogens with two attached hydrogens (primary N) is 1. The number of ether oxygens (including phenoxy) is 1. The van der Waals surface area contributed by atoms with Gasteiger partial charge < -0.3 is 10.5 Å². The summed E-state index contributed by atoms with van der Waals surface area (Å²) >= 11 is 0. The summed E-state index contributed by atoms with van der Waals surface area (Å²) in [5, 5.41) is 0. The molecule has 2 aliphatic rings. The average molecular weight is 240 g/mol. The summed E-state index contributed by atoms with van der Waals surface area (Å²) in [6.07, 6.45) is 5.29. The number of nitrogens with zero attached hydrogens (tertiary/aromatic N) is 1. The van der Waals surface area contributed by atoms with E-state index in [0.717, 1.165) is 19.1 Å². The van der Waals surface area contributed by atoms with Crippen LogP contribution in [0.2, 0.25) is 0 Å². The largest absolute Gasteiger partial charge is 0.376 e. The molecule has 0 radical (unpaired) electrons. The number of rotatable bonds is 2. The molecular weight excluding hydrogens is 212 g/mol. The van der Waals surface area contributed by atoms with Gasteiger partial charge in [0.05, 0.1) is 12.7 Å². The molecule has 2 rings (SSSR count). The minimum absolute atomic E-state index is 0.363. The minimum Gasteiger partial charge on any atom is -0.376 e. The first-order chi connectivity index (χ1) is 8.11. The molecule has 17 heavy (non-hydrogen) atoms. The van der Waals surface area contributed by atoms with Crippen molar-refractivity contribution in [2.75, 3.05) is 13.2 Å². The smallest absolute Gasteiger partial charge is 0.0674 e. The molecule has 0 bridgehead atoms. The van der Waals surface area contributed by atoms with Gasteiger partial charge in [-0.15, -0.1) is 0 Å². The maximum absolute atomic E-state index is 6.35. The van der Waals surface area contributed by atoms with Crippen LogP contribution in [0, 0.1) is 5.92 Å². The lowest BCUT2D eigenvalue weighted by atomic mass is 9.82. The fourth-order valence-corrected chi connectivity index (χ4v) is 3.38. The summed E-state index contributed by atoms with van der Waals surface area (Å²) in [6.45, 7) is 8.74. The average Bonchev–Trinajstić information content (AvgIpc) is 2.32. The zero-order valence-electron chi connectivity index (χ0n) is 11.6. The van der Waals surface area contributed by atoms with E-state index in [1.807, 2.05) is 0 Å². The lowest BCUT2D eigenvalue weighted by Crippen LogP contribution is -2.59. The molecule has 1 heterocycles. The highest BCUT2D eigenvalue weighted by Crippen LogP contribution is 2.30. The van der Waals surface area contributed by atoms with Crippen molar-refractivity contribution >= 4 is 0 Å². The molecular formula is C14H28N2O. The zero-order valence-corrected chi connectivity index (χ0v) is 11.6. The van der Waals surface area contributed by atoms with E-state index in [4.69, 9.17) is 10.5 Å². The van der Waals surface area contributed by atoms with Crippen LogP contribution < -0.4 is 5.73 Å². The molecule has 0 spiro atoms. The molecule has 0 aromatic rings. The monoisotopic (exact) mass is 240 g/mol. The molecule has 5 atom stereocenters. The Morgan fingerprint density at radius 2 is 2.06 bits per heavy atom. The standard InChI is InChI=1S/C14H28N2O/c1-4-12-9-17-11(3)8-16(12)14-7-10(2)5-6-13(14)15/h10-14H,4-9,15H2,1-3H3. The summed E-state index contributed by atoms with van der Waals surface area (Å²) in [4.78, 5) is 2.65. The normalized spacial score (nSPS) is 44.8. The highest BCUT2D eigenvalue weighted by Gasteiger charge is 2.36. The van der Waals surface area contributed by atoms with Crippen LogP contribution in [0.15, 0.2) is 0 Å². The van der Waals surface area contributed by atoms with E-state index in [-0.39, 0.29) is 0 Å². The fraction of sp³-hybridized carbons (Fsp3) is 1.00. The molecule has 3 heteroatoms. The van der Waals surface area contributed by atoms with Crippen LogP contribution in [0.3, 0.4) is 0 Å². The highest BCUT2D eigenvalue weighted by molar-refractivity contribution is 4.93. The van der Waals surface area contributed by atoms with Gasteiger partial charge in [0, 0.05) is 24.7 Å². The van der Waals surface area contributed by atoms with Gasteiger partial charge in [-0.25, -0.2) is 0 Å². The van der Waals surface area contributed by atoms with E-state index in [1.165, 1.54) is 25.7 Å². The zero-order chi connectivity index (χ0) is 12.4. The molecule has 1 aliphatic carbocycles. The van der Waals surface area contributed by atoms with Gasteiger partial charge in [-0.2, -0.15) is 0 Å². The molecule has 0 aromatic heterocycles. The third-order valence-electron chi connectivity index (χ3n) is 4.54. The quantitative estimate of drug-likeness (QED) is 0.802. The topological polar surface area (TPSA) is 38.5 Å². The molecule has 2 fully saturated rings. The van der Waals surface area contributed by atoms with Gasteiger partial charge in [0.1, 0.15) is 0 Å². The molecule has 5 unspecified atom stereocenters. The van der Waals surface area contributed by atoms with Crippen LogP contribution in [0.4, 0.5) is 0 Å². The van der Waals surface area contributed by atoms with Gasteiger partial charge in [-0.1, -0.05) is 13.8 Å². The number of morpholine rings is 1. The lowest BCUT2D eigenvalue weighted by molar-refractivity contribution is -0.0831. The summed E-state index contributed by atoms with van der Waals surface area (Å²) < 4.78 is 5.78. The van der Waals surface area contributed by atoms with Crippen LogP contribution in [0.25, 0.3) is 0 Å². The Balaban J connectivity index is 2.05. The molecule has 1 aliphatic heterocycles. The summed E-state index contributed by atoms with van der Waals surface area (Å²) in [5.41, 5.74) is 6.35. The number of hydrogen-bond donors (Lipinski definition) is 1. The van der Waals surface area contributed by atoms with E-state index < -0.39 is 0 Å². The second-order valence-corrected chi connectivity index (χ2v) is 6.05.